The number of hydrogen-bond acceptors (Lipinski definition) is 5. The fraction of sp³-hybridized carbons (Fsp3) is 0.409. The number of nitrogens with one attached hydrogen (secondary N) is 1. The number of aliphatic hydroxyl groups is 1. The van der Waals surface area contributed by atoms with Crippen molar-refractivity contribution in [3.8, 4) is 5.75 Å². The third-order valence-electron chi connectivity index (χ3n) is 5.18. The van der Waals surface area contributed by atoms with Gasteiger partial charge < -0.3 is 20.1 Å². The molecule has 2 N–H and O–H groups in total. The number of non-ortho nitro benzene ring substituents is 1. The molecule has 0 unspecified atom stereocenters. The minimum Gasteiger partial charge on any atom is -0.497 e. The molecule has 168 valence electrons. The molecule has 1 saturated heterocycles. The van der Waals surface area contributed by atoms with Crippen molar-refractivity contribution in [2.75, 3.05) is 26.7 Å². The number of likely N-dealkylation sites (tertiary alicyclic amines) is 1. The van der Waals surface area contributed by atoms with Crippen LogP contribution in [0.1, 0.15) is 24.0 Å². The van der Waals surface area contributed by atoms with E-state index in [1.165, 1.54) is 17.7 Å². The Labute approximate surface area is 199 Å². The molecule has 0 radical (unpaired) electrons. The van der Waals surface area contributed by atoms with Crippen LogP contribution in [0.25, 0.3) is 0 Å². The van der Waals surface area contributed by atoms with Gasteiger partial charge in [0.05, 0.1) is 24.7 Å². The van der Waals surface area contributed by atoms with E-state index < -0.39 is 4.92 Å². The SMILES string of the molecule is COc1ccc(CCNC(=NCc2ccc([N+](=O)[O-])cc2)N2CCC(O)CC2)cc1.I. The van der Waals surface area contributed by atoms with Crippen LogP contribution in [0.5, 0.6) is 5.75 Å². The summed E-state index contributed by atoms with van der Waals surface area (Å²) in [6, 6.07) is 14.5. The smallest absolute Gasteiger partial charge is 0.269 e. The number of hydrogen-bond donors (Lipinski definition) is 2. The lowest BCUT2D eigenvalue weighted by Crippen LogP contribution is -2.47. The zero-order valence-electron chi connectivity index (χ0n) is 17.6. The molecule has 1 aliphatic heterocycles. The number of piperidine rings is 1. The maximum atomic E-state index is 10.8. The molecule has 0 saturated carbocycles. The first kappa shape index (κ1) is 24.9. The van der Waals surface area contributed by atoms with E-state index in [2.05, 4.69) is 10.2 Å². The molecule has 0 atom stereocenters. The van der Waals surface area contributed by atoms with E-state index in [1.807, 2.05) is 24.3 Å². The molecule has 1 fully saturated rings. The van der Waals surface area contributed by atoms with Gasteiger partial charge in [0.1, 0.15) is 5.75 Å². The van der Waals surface area contributed by atoms with Gasteiger partial charge in [0.25, 0.3) is 5.69 Å². The number of guanidine groups is 1. The Hall–Kier alpha value is -2.40. The Kier molecular flexibility index (Phi) is 9.99. The number of nitro groups is 1. The Morgan fingerprint density at radius 1 is 1.16 bits per heavy atom. The van der Waals surface area contributed by atoms with E-state index in [0.717, 1.165) is 56.2 Å². The van der Waals surface area contributed by atoms with Crippen molar-refractivity contribution in [3.05, 3.63) is 69.8 Å². The lowest BCUT2D eigenvalue weighted by Gasteiger charge is -2.32. The molecule has 31 heavy (non-hydrogen) atoms. The molecular formula is C22H29IN4O4. The highest BCUT2D eigenvalue weighted by molar-refractivity contribution is 14.0. The van der Waals surface area contributed by atoms with Gasteiger partial charge in [0.15, 0.2) is 5.96 Å². The number of aliphatic imine (C=N–C) groups is 1. The van der Waals surface area contributed by atoms with Crippen LogP contribution in [0.15, 0.2) is 53.5 Å². The van der Waals surface area contributed by atoms with Crippen LogP contribution in [0.4, 0.5) is 5.69 Å². The highest BCUT2D eigenvalue weighted by atomic mass is 127. The van der Waals surface area contributed by atoms with Gasteiger partial charge in [0, 0.05) is 31.8 Å². The molecule has 0 bridgehead atoms. The first-order valence-electron chi connectivity index (χ1n) is 10.1. The number of benzene rings is 2. The molecule has 1 aliphatic rings. The number of rotatable bonds is 7. The Balaban J connectivity index is 0.00000341. The molecular weight excluding hydrogens is 511 g/mol. The lowest BCUT2D eigenvalue weighted by molar-refractivity contribution is -0.384. The molecule has 8 nitrogen and oxygen atoms in total. The van der Waals surface area contributed by atoms with Crippen LogP contribution in [0.2, 0.25) is 0 Å². The van der Waals surface area contributed by atoms with Gasteiger partial charge >= 0.3 is 0 Å². The van der Waals surface area contributed by atoms with Crippen LogP contribution in [0.3, 0.4) is 0 Å². The van der Waals surface area contributed by atoms with Gasteiger partial charge in [-0.2, -0.15) is 0 Å². The molecule has 0 aromatic heterocycles. The number of nitrogens with zero attached hydrogens (tertiary/aromatic N) is 3. The third-order valence-corrected chi connectivity index (χ3v) is 5.18. The van der Waals surface area contributed by atoms with E-state index in [1.54, 1.807) is 19.2 Å². The highest BCUT2D eigenvalue weighted by Crippen LogP contribution is 2.15. The molecule has 0 aliphatic carbocycles. The van der Waals surface area contributed by atoms with Gasteiger partial charge in [-0.25, -0.2) is 4.99 Å². The zero-order chi connectivity index (χ0) is 21.3. The Bertz CT molecular complexity index is 851. The standard InChI is InChI=1S/C22H28N4O4.HI/c1-30-21-8-4-17(5-9-21)10-13-23-22(25-14-11-20(27)12-15-25)24-16-18-2-6-19(7-3-18)26(28)29;/h2-9,20,27H,10-16H2,1H3,(H,23,24);1H. The lowest BCUT2D eigenvalue weighted by atomic mass is 10.1. The average molecular weight is 540 g/mol. The summed E-state index contributed by atoms with van der Waals surface area (Å²) in [4.78, 5) is 17.3. The van der Waals surface area contributed by atoms with E-state index in [0.29, 0.717) is 6.54 Å². The second-order valence-electron chi connectivity index (χ2n) is 7.31. The molecule has 2 aromatic rings. The van der Waals surface area contributed by atoms with Gasteiger partial charge in [-0.15, -0.1) is 24.0 Å². The largest absolute Gasteiger partial charge is 0.497 e. The summed E-state index contributed by atoms with van der Waals surface area (Å²) in [6.07, 6.45) is 2.03. The van der Waals surface area contributed by atoms with E-state index in [-0.39, 0.29) is 35.8 Å². The first-order valence-corrected chi connectivity index (χ1v) is 10.1. The molecule has 3 rings (SSSR count). The fourth-order valence-corrected chi connectivity index (χ4v) is 3.35. The number of nitro benzene ring substituents is 1. The maximum Gasteiger partial charge on any atom is 0.269 e. The van der Waals surface area contributed by atoms with Crippen molar-refractivity contribution in [1.29, 1.82) is 0 Å². The van der Waals surface area contributed by atoms with Crippen molar-refractivity contribution in [1.82, 2.24) is 10.2 Å². The first-order chi connectivity index (χ1) is 14.5. The molecule has 0 amide bonds. The predicted octanol–water partition coefficient (Wildman–Crippen LogP) is 3.37. The van der Waals surface area contributed by atoms with E-state index >= 15 is 0 Å². The summed E-state index contributed by atoms with van der Waals surface area (Å²) in [5.41, 5.74) is 2.18. The quantitative estimate of drug-likeness (QED) is 0.184. The van der Waals surface area contributed by atoms with Crippen molar-refractivity contribution >= 4 is 35.6 Å². The average Bonchev–Trinajstić information content (AvgIpc) is 2.77. The fourth-order valence-electron chi connectivity index (χ4n) is 3.35. The normalized spacial score (nSPS) is 14.6. The second-order valence-corrected chi connectivity index (χ2v) is 7.31. The summed E-state index contributed by atoms with van der Waals surface area (Å²) in [5, 5.41) is 24.1. The van der Waals surface area contributed by atoms with Crippen LogP contribution in [-0.2, 0) is 13.0 Å². The summed E-state index contributed by atoms with van der Waals surface area (Å²) in [7, 11) is 1.65. The van der Waals surface area contributed by atoms with Crippen LogP contribution in [-0.4, -0.2) is 53.7 Å². The number of aliphatic hydroxyl groups excluding tert-OH is 1. The highest BCUT2D eigenvalue weighted by Gasteiger charge is 2.19. The number of ether oxygens (including phenoxy) is 1. The molecule has 1 heterocycles. The molecule has 9 heteroatoms. The molecule has 2 aromatic carbocycles. The van der Waals surface area contributed by atoms with Gasteiger partial charge in [-0.3, -0.25) is 10.1 Å². The summed E-state index contributed by atoms with van der Waals surface area (Å²) in [5.74, 6) is 1.64. The van der Waals surface area contributed by atoms with Crippen LogP contribution in [0, 0.1) is 10.1 Å². The van der Waals surface area contributed by atoms with Gasteiger partial charge in [0.2, 0.25) is 0 Å². The second kappa shape index (κ2) is 12.5. The summed E-state index contributed by atoms with van der Waals surface area (Å²) in [6.45, 7) is 2.65. The third kappa shape index (κ3) is 7.66. The topological polar surface area (TPSA) is 100 Å². The minimum absolute atomic E-state index is 0. The Morgan fingerprint density at radius 3 is 2.35 bits per heavy atom. The van der Waals surface area contributed by atoms with Crippen molar-refractivity contribution < 1.29 is 14.8 Å². The van der Waals surface area contributed by atoms with E-state index in [9.17, 15) is 15.2 Å². The van der Waals surface area contributed by atoms with Crippen molar-refractivity contribution in [2.45, 2.75) is 31.9 Å². The van der Waals surface area contributed by atoms with Crippen molar-refractivity contribution in [3.63, 3.8) is 0 Å². The minimum atomic E-state index is -0.405. The zero-order valence-corrected chi connectivity index (χ0v) is 19.9. The summed E-state index contributed by atoms with van der Waals surface area (Å²) < 4.78 is 5.20. The van der Waals surface area contributed by atoms with E-state index in [4.69, 9.17) is 9.73 Å². The van der Waals surface area contributed by atoms with Gasteiger partial charge in [-0.05, 0) is 42.5 Å². The maximum absolute atomic E-state index is 10.8. The molecule has 0 spiro atoms. The predicted molar refractivity (Wildman–Crippen MR) is 131 cm³/mol. The monoisotopic (exact) mass is 540 g/mol. The van der Waals surface area contributed by atoms with Crippen LogP contribution >= 0.6 is 24.0 Å². The number of methoxy groups -OCH3 is 1. The number of halogens is 1. The van der Waals surface area contributed by atoms with Gasteiger partial charge in [-0.1, -0.05) is 24.3 Å². The Morgan fingerprint density at radius 2 is 1.77 bits per heavy atom. The summed E-state index contributed by atoms with van der Waals surface area (Å²) >= 11 is 0. The van der Waals surface area contributed by atoms with Crippen LogP contribution < -0.4 is 10.1 Å². The van der Waals surface area contributed by atoms with Crippen molar-refractivity contribution in [2.24, 2.45) is 4.99 Å².